The molecule has 2 aromatic rings. The van der Waals surface area contributed by atoms with E-state index in [-0.39, 0.29) is 16.9 Å². The summed E-state index contributed by atoms with van der Waals surface area (Å²) in [5, 5.41) is 10.1. The molecule has 0 spiro atoms. The van der Waals surface area contributed by atoms with Gasteiger partial charge in [-0.3, -0.25) is 4.79 Å². The Hall–Kier alpha value is -2.10. The summed E-state index contributed by atoms with van der Waals surface area (Å²) in [4.78, 5) is 19.4. The molecule has 1 aromatic carbocycles. The van der Waals surface area contributed by atoms with Crippen LogP contribution in [-0.4, -0.2) is 15.1 Å². The van der Waals surface area contributed by atoms with Gasteiger partial charge in [0.25, 0.3) is 5.56 Å². The smallest absolute Gasteiger partial charge is 0.257 e. The van der Waals surface area contributed by atoms with Crippen molar-refractivity contribution in [3.63, 3.8) is 0 Å². The normalized spacial score (nSPS) is 17.0. The van der Waals surface area contributed by atoms with Crippen LogP contribution in [0.25, 0.3) is 0 Å². The van der Waals surface area contributed by atoms with Crippen LogP contribution in [0.3, 0.4) is 0 Å². The Bertz CT molecular complexity index is 686. The molecule has 21 heavy (non-hydrogen) atoms. The summed E-state index contributed by atoms with van der Waals surface area (Å²) in [5.41, 5.74) is 1.03. The molecular formula is C17H20N2O2. The van der Waals surface area contributed by atoms with Crippen LogP contribution in [-0.2, 0) is 11.8 Å². The van der Waals surface area contributed by atoms with Crippen LogP contribution in [0.5, 0.6) is 5.88 Å². The van der Waals surface area contributed by atoms with E-state index in [2.05, 4.69) is 22.1 Å². The van der Waals surface area contributed by atoms with E-state index in [0.717, 1.165) is 31.2 Å². The SMILES string of the molecule is CCc1c(O)nc(C2(c3ccccc3)CCCC2)[nH]c1=O. The predicted octanol–water partition coefficient (Wildman–Crippen LogP) is 2.90. The number of hydrogen-bond donors (Lipinski definition) is 2. The van der Waals surface area contributed by atoms with E-state index in [9.17, 15) is 9.90 Å². The fraction of sp³-hybridized carbons (Fsp3) is 0.412. The molecule has 4 nitrogen and oxygen atoms in total. The lowest BCUT2D eigenvalue weighted by atomic mass is 9.78. The van der Waals surface area contributed by atoms with E-state index < -0.39 is 0 Å². The summed E-state index contributed by atoms with van der Waals surface area (Å²) in [6.45, 7) is 1.84. The number of benzene rings is 1. The Labute approximate surface area is 123 Å². The van der Waals surface area contributed by atoms with Gasteiger partial charge >= 0.3 is 0 Å². The Morgan fingerprint density at radius 3 is 2.48 bits per heavy atom. The molecule has 0 amide bonds. The fourth-order valence-corrected chi connectivity index (χ4v) is 3.43. The fourth-order valence-electron chi connectivity index (χ4n) is 3.43. The monoisotopic (exact) mass is 284 g/mol. The topological polar surface area (TPSA) is 66.0 Å². The highest BCUT2D eigenvalue weighted by Gasteiger charge is 2.40. The third-order valence-electron chi connectivity index (χ3n) is 4.58. The number of nitrogens with zero attached hydrogens (tertiary/aromatic N) is 1. The number of aromatic hydroxyl groups is 1. The number of aromatic amines is 1. The van der Waals surface area contributed by atoms with E-state index in [1.54, 1.807) is 0 Å². The molecule has 4 heteroatoms. The zero-order valence-corrected chi connectivity index (χ0v) is 12.2. The molecule has 1 aromatic heterocycles. The minimum atomic E-state index is -0.274. The molecule has 0 aliphatic heterocycles. The number of hydrogen-bond acceptors (Lipinski definition) is 3. The quantitative estimate of drug-likeness (QED) is 0.910. The third-order valence-corrected chi connectivity index (χ3v) is 4.58. The first-order valence-electron chi connectivity index (χ1n) is 7.55. The molecule has 1 aliphatic carbocycles. The Kier molecular flexibility index (Phi) is 3.53. The van der Waals surface area contributed by atoms with Crippen LogP contribution < -0.4 is 5.56 Å². The molecule has 3 rings (SSSR count). The van der Waals surface area contributed by atoms with Crippen molar-refractivity contribution in [2.75, 3.05) is 0 Å². The second-order valence-corrected chi connectivity index (χ2v) is 5.73. The lowest BCUT2D eigenvalue weighted by molar-refractivity contribution is 0.421. The summed E-state index contributed by atoms with van der Waals surface area (Å²) in [6, 6.07) is 10.2. The minimum absolute atomic E-state index is 0.126. The molecule has 0 atom stereocenters. The Balaban J connectivity index is 2.18. The first kappa shape index (κ1) is 13.9. The summed E-state index contributed by atoms with van der Waals surface area (Å²) in [5.74, 6) is 0.476. The summed E-state index contributed by atoms with van der Waals surface area (Å²) in [6.07, 6.45) is 4.59. The van der Waals surface area contributed by atoms with E-state index in [1.807, 2.05) is 25.1 Å². The van der Waals surface area contributed by atoms with Crippen LogP contribution in [0.15, 0.2) is 35.1 Å². The molecule has 1 heterocycles. The van der Waals surface area contributed by atoms with E-state index in [0.29, 0.717) is 17.8 Å². The van der Waals surface area contributed by atoms with Gasteiger partial charge in [0.05, 0.1) is 11.0 Å². The number of H-pyrrole nitrogens is 1. The molecule has 0 unspecified atom stereocenters. The van der Waals surface area contributed by atoms with Crippen LogP contribution in [0, 0.1) is 0 Å². The van der Waals surface area contributed by atoms with Crippen molar-refractivity contribution in [2.24, 2.45) is 0 Å². The lowest BCUT2D eigenvalue weighted by Crippen LogP contribution is -2.30. The average Bonchev–Trinajstić information content (AvgIpc) is 2.98. The van der Waals surface area contributed by atoms with Gasteiger partial charge in [-0.15, -0.1) is 0 Å². The van der Waals surface area contributed by atoms with Gasteiger partial charge in [0.1, 0.15) is 5.82 Å². The maximum atomic E-state index is 12.2. The van der Waals surface area contributed by atoms with Crippen molar-refractivity contribution in [1.29, 1.82) is 0 Å². The summed E-state index contributed by atoms with van der Waals surface area (Å²) >= 11 is 0. The minimum Gasteiger partial charge on any atom is -0.493 e. The molecule has 1 saturated carbocycles. The molecule has 0 radical (unpaired) electrons. The van der Waals surface area contributed by atoms with Crippen molar-refractivity contribution in [1.82, 2.24) is 9.97 Å². The van der Waals surface area contributed by atoms with E-state index in [1.165, 1.54) is 0 Å². The van der Waals surface area contributed by atoms with Crippen LogP contribution in [0.1, 0.15) is 49.6 Å². The van der Waals surface area contributed by atoms with Crippen molar-refractivity contribution < 1.29 is 5.11 Å². The molecule has 0 saturated heterocycles. The van der Waals surface area contributed by atoms with E-state index >= 15 is 0 Å². The van der Waals surface area contributed by atoms with Gasteiger partial charge in [0, 0.05) is 0 Å². The Morgan fingerprint density at radius 1 is 1.24 bits per heavy atom. The van der Waals surface area contributed by atoms with Gasteiger partial charge in [0.15, 0.2) is 0 Å². The van der Waals surface area contributed by atoms with Crippen molar-refractivity contribution in [2.45, 2.75) is 44.4 Å². The van der Waals surface area contributed by atoms with E-state index in [4.69, 9.17) is 0 Å². The van der Waals surface area contributed by atoms with Crippen LogP contribution in [0.2, 0.25) is 0 Å². The number of aromatic nitrogens is 2. The maximum absolute atomic E-state index is 12.2. The van der Waals surface area contributed by atoms with Crippen molar-refractivity contribution >= 4 is 0 Å². The van der Waals surface area contributed by atoms with Gasteiger partial charge < -0.3 is 10.1 Å². The largest absolute Gasteiger partial charge is 0.493 e. The highest BCUT2D eigenvalue weighted by Crippen LogP contribution is 2.44. The number of nitrogens with one attached hydrogen (secondary N) is 1. The van der Waals surface area contributed by atoms with Crippen molar-refractivity contribution in [3.05, 3.63) is 57.6 Å². The van der Waals surface area contributed by atoms with Gasteiger partial charge in [-0.2, -0.15) is 4.98 Å². The highest BCUT2D eigenvalue weighted by molar-refractivity contribution is 5.36. The lowest BCUT2D eigenvalue weighted by Gasteiger charge is -2.28. The zero-order chi connectivity index (χ0) is 14.9. The third kappa shape index (κ3) is 2.24. The van der Waals surface area contributed by atoms with Gasteiger partial charge in [-0.25, -0.2) is 0 Å². The second-order valence-electron chi connectivity index (χ2n) is 5.73. The molecular weight excluding hydrogens is 264 g/mol. The average molecular weight is 284 g/mol. The first-order chi connectivity index (χ1) is 10.2. The summed E-state index contributed by atoms with van der Waals surface area (Å²) < 4.78 is 0. The van der Waals surface area contributed by atoms with Gasteiger partial charge in [-0.1, -0.05) is 50.1 Å². The molecule has 0 bridgehead atoms. The number of rotatable bonds is 3. The highest BCUT2D eigenvalue weighted by atomic mass is 16.3. The first-order valence-corrected chi connectivity index (χ1v) is 7.55. The summed E-state index contributed by atoms with van der Waals surface area (Å²) in [7, 11) is 0. The van der Waals surface area contributed by atoms with Crippen LogP contribution in [0.4, 0.5) is 0 Å². The van der Waals surface area contributed by atoms with Crippen LogP contribution >= 0.6 is 0 Å². The Morgan fingerprint density at radius 2 is 1.90 bits per heavy atom. The van der Waals surface area contributed by atoms with Gasteiger partial charge in [0.2, 0.25) is 5.88 Å². The molecule has 2 N–H and O–H groups in total. The standard InChI is InChI=1S/C17H20N2O2/c1-2-13-14(20)18-16(19-15(13)21)17(10-6-7-11-17)12-8-4-3-5-9-12/h3-5,8-9H,2,6-7,10-11H2,1H3,(H2,18,19,20,21). The van der Waals surface area contributed by atoms with Gasteiger partial charge in [-0.05, 0) is 24.8 Å². The molecule has 1 aliphatic rings. The predicted molar refractivity (Wildman–Crippen MR) is 81.6 cm³/mol. The van der Waals surface area contributed by atoms with Crippen molar-refractivity contribution in [3.8, 4) is 5.88 Å². The maximum Gasteiger partial charge on any atom is 0.257 e. The molecule has 110 valence electrons. The zero-order valence-electron chi connectivity index (χ0n) is 12.2. The second kappa shape index (κ2) is 5.35. The molecule has 1 fully saturated rings.